The molecule has 0 spiro atoms. The van der Waals surface area contributed by atoms with Crippen LogP contribution in [0.2, 0.25) is 10.0 Å². The minimum absolute atomic E-state index is 0.119. The Bertz CT molecular complexity index is 1440. The number of ether oxygens (including phenoxy) is 1. The van der Waals surface area contributed by atoms with Crippen LogP contribution in [0.4, 0.5) is 16.2 Å². The number of nitrogens with one attached hydrogen (secondary N) is 4. The highest BCUT2D eigenvalue weighted by Gasteiger charge is 2.24. The fourth-order valence-electron chi connectivity index (χ4n) is 5.03. The van der Waals surface area contributed by atoms with Gasteiger partial charge in [0.2, 0.25) is 0 Å². The molecule has 1 aliphatic rings. The Labute approximate surface area is 260 Å². The molecule has 1 fully saturated rings. The molecular weight excluding hydrogens is 591 g/mol. The van der Waals surface area contributed by atoms with E-state index in [9.17, 15) is 19.2 Å². The molecule has 0 saturated heterocycles. The molecule has 0 unspecified atom stereocenters. The summed E-state index contributed by atoms with van der Waals surface area (Å²) in [5, 5.41) is 11.5. The summed E-state index contributed by atoms with van der Waals surface area (Å²) >= 11 is 12.3. The molecule has 1 atom stereocenters. The van der Waals surface area contributed by atoms with Crippen LogP contribution in [0.1, 0.15) is 58.4 Å². The monoisotopic (exact) mass is 624 g/mol. The van der Waals surface area contributed by atoms with Crippen LogP contribution >= 0.6 is 23.2 Å². The van der Waals surface area contributed by atoms with Gasteiger partial charge in [-0.05, 0) is 60.7 Å². The average molecular weight is 626 g/mol. The number of amides is 4. The second-order valence-electron chi connectivity index (χ2n) is 10.4. The third-order valence-corrected chi connectivity index (χ3v) is 7.96. The second kappa shape index (κ2) is 15.4. The number of para-hydroxylation sites is 1. The fraction of sp³-hybridized carbons (Fsp3) is 0.312. The van der Waals surface area contributed by atoms with Gasteiger partial charge in [-0.1, -0.05) is 72.8 Å². The van der Waals surface area contributed by atoms with Gasteiger partial charge in [0.1, 0.15) is 6.04 Å². The van der Waals surface area contributed by atoms with E-state index >= 15 is 0 Å². The van der Waals surface area contributed by atoms with Crippen LogP contribution in [-0.4, -0.2) is 43.5 Å². The summed E-state index contributed by atoms with van der Waals surface area (Å²) in [6.45, 7) is 0.597. The molecule has 226 valence electrons. The van der Waals surface area contributed by atoms with Crippen LogP contribution in [0.5, 0.6) is 0 Å². The summed E-state index contributed by atoms with van der Waals surface area (Å²) in [4.78, 5) is 51.1. The van der Waals surface area contributed by atoms with Gasteiger partial charge in [-0.15, -0.1) is 0 Å². The highest BCUT2D eigenvalue weighted by Crippen LogP contribution is 2.26. The lowest BCUT2D eigenvalue weighted by molar-refractivity contribution is -0.142. The molecule has 3 aromatic carbocycles. The number of urea groups is 1. The van der Waals surface area contributed by atoms with Gasteiger partial charge in [-0.2, -0.15) is 0 Å². The van der Waals surface area contributed by atoms with Gasteiger partial charge in [0.25, 0.3) is 11.8 Å². The molecule has 4 N–H and O–H groups in total. The van der Waals surface area contributed by atoms with Gasteiger partial charge in [0.05, 0.1) is 34.0 Å². The first kappa shape index (κ1) is 31.8. The molecule has 1 saturated carbocycles. The first-order valence-electron chi connectivity index (χ1n) is 14.1. The number of hydrogen-bond acceptors (Lipinski definition) is 5. The summed E-state index contributed by atoms with van der Waals surface area (Å²) in [5.41, 5.74) is 2.01. The number of methoxy groups -OCH3 is 1. The molecule has 3 aromatic rings. The van der Waals surface area contributed by atoms with Gasteiger partial charge in [0.15, 0.2) is 0 Å². The summed E-state index contributed by atoms with van der Waals surface area (Å²) < 4.78 is 4.91. The number of halogens is 2. The molecule has 0 aromatic heterocycles. The van der Waals surface area contributed by atoms with Crippen molar-refractivity contribution in [2.45, 2.75) is 44.6 Å². The third-order valence-electron chi connectivity index (χ3n) is 7.33. The number of rotatable bonds is 10. The van der Waals surface area contributed by atoms with E-state index < -0.39 is 23.9 Å². The normalized spacial score (nSPS) is 13.8. The molecule has 4 rings (SSSR count). The van der Waals surface area contributed by atoms with E-state index in [1.807, 2.05) is 0 Å². The van der Waals surface area contributed by atoms with Crippen LogP contribution in [0.25, 0.3) is 0 Å². The predicted octanol–water partition coefficient (Wildman–Crippen LogP) is 6.46. The molecule has 1 aliphatic carbocycles. The molecular formula is C32H34Cl2N4O5. The van der Waals surface area contributed by atoms with Crippen molar-refractivity contribution in [1.29, 1.82) is 0 Å². The molecule has 0 heterocycles. The van der Waals surface area contributed by atoms with Crippen LogP contribution in [0.15, 0.2) is 66.7 Å². The van der Waals surface area contributed by atoms with Gasteiger partial charge >= 0.3 is 12.0 Å². The lowest BCUT2D eigenvalue weighted by atomic mass is 9.89. The van der Waals surface area contributed by atoms with Crippen molar-refractivity contribution in [2.24, 2.45) is 5.92 Å². The zero-order valence-electron chi connectivity index (χ0n) is 23.8. The van der Waals surface area contributed by atoms with Gasteiger partial charge in [-0.3, -0.25) is 9.59 Å². The lowest BCUT2D eigenvalue weighted by Crippen LogP contribution is -2.45. The van der Waals surface area contributed by atoms with E-state index in [1.54, 1.807) is 66.7 Å². The fourth-order valence-corrected chi connectivity index (χ4v) is 5.60. The van der Waals surface area contributed by atoms with E-state index in [0.29, 0.717) is 35.0 Å². The molecule has 0 bridgehead atoms. The van der Waals surface area contributed by atoms with E-state index in [2.05, 4.69) is 21.3 Å². The van der Waals surface area contributed by atoms with E-state index in [4.69, 9.17) is 27.9 Å². The maximum atomic E-state index is 12.9. The quantitative estimate of drug-likeness (QED) is 0.193. The van der Waals surface area contributed by atoms with Crippen molar-refractivity contribution in [2.75, 3.05) is 24.3 Å². The maximum Gasteiger partial charge on any atom is 0.328 e. The number of esters is 1. The summed E-state index contributed by atoms with van der Waals surface area (Å²) in [5.74, 6) is -0.903. The SMILES string of the molecule is COC(=O)[C@H](Cc1ccc(NC(=O)c2c(Cl)cccc2Cl)cc1)NC(=O)Nc1ccccc1C(=O)NCC1CCCCC1. The Kier molecular flexibility index (Phi) is 11.4. The molecule has 4 amide bonds. The lowest BCUT2D eigenvalue weighted by Gasteiger charge is -2.22. The van der Waals surface area contributed by atoms with Crippen LogP contribution in [-0.2, 0) is 16.0 Å². The number of benzene rings is 3. The van der Waals surface area contributed by atoms with Crippen molar-refractivity contribution in [1.82, 2.24) is 10.6 Å². The van der Waals surface area contributed by atoms with E-state index in [-0.39, 0.29) is 27.9 Å². The Hall–Kier alpha value is -4.08. The highest BCUT2D eigenvalue weighted by molar-refractivity contribution is 6.40. The number of hydrogen-bond donors (Lipinski definition) is 4. The minimum atomic E-state index is -1.01. The number of carbonyl (C=O) groups is 4. The standard InChI is InChI=1S/C32H34Cl2N4O5/c1-43-31(41)27(18-20-14-16-22(17-15-20)36-30(40)28-24(33)11-7-12-25(28)34)38-32(42)37-26-13-6-5-10-23(26)29(39)35-19-21-8-3-2-4-9-21/h5-7,10-17,21,27H,2-4,8-9,18-19H2,1H3,(H,35,39)(H,36,40)(H2,37,38,42)/t27-/m0/s1. The molecule has 11 heteroatoms. The van der Waals surface area contributed by atoms with Crippen LogP contribution < -0.4 is 21.3 Å². The Balaban J connectivity index is 1.36. The maximum absolute atomic E-state index is 12.9. The highest BCUT2D eigenvalue weighted by atomic mass is 35.5. The number of anilines is 2. The zero-order chi connectivity index (χ0) is 30.8. The van der Waals surface area contributed by atoms with Crippen molar-refractivity contribution in [3.05, 3.63) is 93.5 Å². The van der Waals surface area contributed by atoms with E-state index in [1.165, 1.54) is 26.4 Å². The number of carbonyl (C=O) groups excluding carboxylic acids is 4. The van der Waals surface area contributed by atoms with Crippen LogP contribution in [0.3, 0.4) is 0 Å². The first-order valence-corrected chi connectivity index (χ1v) is 14.9. The van der Waals surface area contributed by atoms with Gasteiger partial charge in [-0.25, -0.2) is 9.59 Å². The van der Waals surface area contributed by atoms with Crippen molar-refractivity contribution >= 4 is 58.4 Å². The third kappa shape index (κ3) is 8.95. The summed E-state index contributed by atoms with van der Waals surface area (Å²) in [6, 6.07) is 16.6. The zero-order valence-corrected chi connectivity index (χ0v) is 25.3. The van der Waals surface area contributed by atoms with E-state index in [0.717, 1.165) is 12.8 Å². The van der Waals surface area contributed by atoms with Gasteiger partial charge < -0.3 is 26.0 Å². The summed E-state index contributed by atoms with van der Waals surface area (Å²) in [7, 11) is 1.24. The molecule has 0 radical (unpaired) electrons. The molecule has 9 nitrogen and oxygen atoms in total. The largest absolute Gasteiger partial charge is 0.467 e. The second-order valence-corrected chi connectivity index (χ2v) is 11.2. The topological polar surface area (TPSA) is 126 Å². The van der Waals surface area contributed by atoms with Gasteiger partial charge in [0, 0.05) is 18.7 Å². The van der Waals surface area contributed by atoms with Crippen molar-refractivity contribution in [3.63, 3.8) is 0 Å². The predicted molar refractivity (Wildman–Crippen MR) is 168 cm³/mol. The Morgan fingerprint density at radius 2 is 1.51 bits per heavy atom. The minimum Gasteiger partial charge on any atom is -0.467 e. The van der Waals surface area contributed by atoms with Crippen molar-refractivity contribution < 1.29 is 23.9 Å². The Morgan fingerprint density at radius 1 is 0.837 bits per heavy atom. The van der Waals surface area contributed by atoms with Crippen LogP contribution in [0, 0.1) is 5.92 Å². The summed E-state index contributed by atoms with van der Waals surface area (Å²) in [6.07, 6.45) is 5.93. The molecule has 43 heavy (non-hydrogen) atoms. The average Bonchev–Trinajstić information content (AvgIpc) is 3.00. The smallest absolute Gasteiger partial charge is 0.328 e. The van der Waals surface area contributed by atoms with Crippen molar-refractivity contribution in [3.8, 4) is 0 Å². The Morgan fingerprint density at radius 3 is 2.19 bits per heavy atom. The first-order chi connectivity index (χ1) is 20.7. The molecule has 0 aliphatic heterocycles.